The molecule has 1 unspecified atom stereocenters. The highest BCUT2D eigenvalue weighted by atomic mass is 32.2. The second-order valence-corrected chi connectivity index (χ2v) is 6.91. The maximum atomic E-state index is 11.6. The Hall–Kier alpha value is -1.31. The zero-order chi connectivity index (χ0) is 14.4. The lowest BCUT2D eigenvalue weighted by molar-refractivity contribution is 0.0839. The van der Waals surface area contributed by atoms with Crippen molar-refractivity contribution in [3.63, 3.8) is 0 Å². The van der Waals surface area contributed by atoms with Crippen molar-refractivity contribution in [3.8, 4) is 0 Å². The number of sulfonamides is 1. The first-order valence-corrected chi connectivity index (χ1v) is 7.55. The van der Waals surface area contributed by atoms with Crippen LogP contribution >= 0.6 is 0 Å². The standard InChI is InChI=1S/C12H19N3O3S/c1-8-10(15-4-3-12(2,16)7-15)5-9(13)6-11(8)19(14,17)18/h5-6,16H,3-4,7,13H2,1-2H3,(H2,14,17,18). The van der Waals surface area contributed by atoms with Gasteiger partial charge in [-0.25, -0.2) is 13.6 Å². The van der Waals surface area contributed by atoms with Gasteiger partial charge in [-0.05, 0) is 38.0 Å². The molecule has 1 saturated heterocycles. The van der Waals surface area contributed by atoms with Crippen LogP contribution in [0.4, 0.5) is 11.4 Å². The number of β-amino-alcohol motifs (C(OH)–C–C–N with tert-alkyl or cyclic N) is 1. The second kappa shape index (κ2) is 4.36. The summed E-state index contributed by atoms with van der Waals surface area (Å²) in [5.74, 6) is 0. The maximum absolute atomic E-state index is 11.6. The van der Waals surface area contributed by atoms with E-state index in [1.165, 1.54) is 6.07 Å². The molecule has 0 aliphatic carbocycles. The molecule has 5 N–H and O–H groups in total. The van der Waals surface area contributed by atoms with Crippen LogP contribution in [0.2, 0.25) is 0 Å². The molecule has 7 heteroatoms. The average molecular weight is 285 g/mol. The Morgan fingerprint density at radius 3 is 2.53 bits per heavy atom. The van der Waals surface area contributed by atoms with E-state index in [1.807, 2.05) is 4.90 Å². The highest BCUT2D eigenvalue weighted by Crippen LogP contribution is 2.33. The van der Waals surface area contributed by atoms with Crippen molar-refractivity contribution < 1.29 is 13.5 Å². The van der Waals surface area contributed by atoms with Gasteiger partial charge in [-0.2, -0.15) is 0 Å². The third-order valence-electron chi connectivity index (χ3n) is 3.45. The average Bonchev–Trinajstić information content (AvgIpc) is 2.60. The Bertz CT molecular complexity index is 611. The fourth-order valence-corrected chi connectivity index (χ4v) is 3.30. The Labute approximate surface area is 113 Å². The lowest BCUT2D eigenvalue weighted by atomic mass is 10.1. The second-order valence-electron chi connectivity index (χ2n) is 5.38. The van der Waals surface area contributed by atoms with E-state index in [2.05, 4.69) is 0 Å². The first-order valence-electron chi connectivity index (χ1n) is 6.00. The van der Waals surface area contributed by atoms with Gasteiger partial charge in [0.1, 0.15) is 0 Å². The first-order chi connectivity index (χ1) is 8.60. The number of aliphatic hydroxyl groups is 1. The van der Waals surface area contributed by atoms with Gasteiger partial charge in [0.05, 0.1) is 10.5 Å². The van der Waals surface area contributed by atoms with E-state index in [0.29, 0.717) is 36.4 Å². The molecule has 106 valence electrons. The highest BCUT2D eigenvalue weighted by molar-refractivity contribution is 7.89. The lowest BCUT2D eigenvalue weighted by Crippen LogP contribution is -2.30. The van der Waals surface area contributed by atoms with Crippen molar-refractivity contribution in [1.82, 2.24) is 0 Å². The molecule has 1 aliphatic heterocycles. The van der Waals surface area contributed by atoms with E-state index in [9.17, 15) is 13.5 Å². The summed E-state index contributed by atoms with van der Waals surface area (Å²) < 4.78 is 23.1. The summed E-state index contributed by atoms with van der Waals surface area (Å²) in [5.41, 5.74) is 6.60. The zero-order valence-corrected chi connectivity index (χ0v) is 11.9. The van der Waals surface area contributed by atoms with E-state index < -0.39 is 15.6 Å². The smallest absolute Gasteiger partial charge is 0.238 e. The van der Waals surface area contributed by atoms with Crippen molar-refractivity contribution in [2.45, 2.75) is 30.8 Å². The summed E-state index contributed by atoms with van der Waals surface area (Å²) in [5, 5.41) is 15.2. The van der Waals surface area contributed by atoms with E-state index in [1.54, 1.807) is 19.9 Å². The Balaban J connectivity index is 2.51. The molecule has 0 saturated carbocycles. The van der Waals surface area contributed by atoms with Crippen LogP contribution < -0.4 is 15.8 Å². The molecule has 1 atom stereocenters. The third-order valence-corrected chi connectivity index (χ3v) is 4.49. The Kier molecular flexibility index (Phi) is 3.24. The van der Waals surface area contributed by atoms with Gasteiger partial charge < -0.3 is 15.7 Å². The SMILES string of the molecule is Cc1c(N2CCC(C)(O)C2)cc(N)cc1S(N)(=O)=O. The van der Waals surface area contributed by atoms with E-state index in [-0.39, 0.29) is 4.90 Å². The van der Waals surface area contributed by atoms with Crippen LogP contribution in [0.1, 0.15) is 18.9 Å². The number of benzene rings is 1. The molecule has 1 aromatic carbocycles. The van der Waals surface area contributed by atoms with Crippen molar-refractivity contribution >= 4 is 21.4 Å². The van der Waals surface area contributed by atoms with Crippen molar-refractivity contribution in [1.29, 1.82) is 0 Å². The van der Waals surface area contributed by atoms with Gasteiger partial charge >= 0.3 is 0 Å². The predicted molar refractivity (Wildman–Crippen MR) is 74.4 cm³/mol. The van der Waals surface area contributed by atoms with Gasteiger partial charge in [0.25, 0.3) is 0 Å². The number of hydrogen-bond acceptors (Lipinski definition) is 5. The third kappa shape index (κ3) is 2.83. The fourth-order valence-electron chi connectivity index (χ4n) is 2.47. The molecule has 1 heterocycles. The van der Waals surface area contributed by atoms with Gasteiger partial charge in [0, 0.05) is 24.5 Å². The number of anilines is 2. The number of hydrogen-bond donors (Lipinski definition) is 3. The molecule has 6 nitrogen and oxygen atoms in total. The Morgan fingerprint density at radius 1 is 1.42 bits per heavy atom. The maximum Gasteiger partial charge on any atom is 0.238 e. The molecule has 1 aromatic rings. The van der Waals surface area contributed by atoms with Gasteiger partial charge in [-0.3, -0.25) is 0 Å². The quantitative estimate of drug-likeness (QED) is 0.672. The number of rotatable bonds is 2. The van der Waals surface area contributed by atoms with E-state index in [0.717, 1.165) is 0 Å². The minimum absolute atomic E-state index is 0.0362. The molecule has 2 rings (SSSR count). The Morgan fingerprint density at radius 2 is 2.05 bits per heavy atom. The molecule has 0 radical (unpaired) electrons. The number of nitrogens with zero attached hydrogens (tertiary/aromatic N) is 1. The molecule has 1 fully saturated rings. The van der Waals surface area contributed by atoms with Crippen LogP contribution in [-0.2, 0) is 10.0 Å². The summed E-state index contributed by atoms with van der Waals surface area (Å²) >= 11 is 0. The van der Waals surface area contributed by atoms with Crippen molar-refractivity contribution in [3.05, 3.63) is 17.7 Å². The summed E-state index contributed by atoms with van der Waals surface area (Å²) in [4.78, 5) is 1.97. The van der Waals surface area contributed by atoms with Crippen molar-refractivity contribution in [2.75, 3.05) is 23.7 Å². The van der Waals surface area contributed by atoms with Gasteiger partial charge in [0.2, 0.25) is 10.0 Å². The topological polar surface area (TPSA) is 110 Å². The molecular formula is C12H19N3O3S. The van der Waals surface area contributed by atoms with E-state index in [4.69, 9.17) is 10.9 Å². The molecule has 1 aliphatic rings. The number of nitrogens with two attached hydrogens (primary N) is 2. The fraction of sp³-hybridized carbons (Fsp3) is 0.500. The van der Waals surface area contributed by atoms with Crippen LogP contribution in [-0.4, -0.2) is 32.2 Å². The largest absolute Gasteiger partial charge is 0.399 e. The van der Waals surface area contributed by atoms with Crippen molar-refractivity contribution in [2.24, 2.45) is 5.14 Å². The monoisotopic (exact) mass is 285 g/mol. The minimum atomic E-state index is -3.81. The van der Waals surface area contributed by atoms with Crippen LogP contribution in [0.25, 0.3) is 0 Å². The lowest BCUT2D eigenvalue weighted by Gasteiger charge is -2.24. The molecule has 0 aromatic heterocycles. The molecule has 0 bridgehead atoms. The van der Waals surface area contributed by atoms with Crippen LogP contribution in [0, 0.1) is 6.92 Å². The normalized spacial score (nSPS) is 23.9. The van der Waals surface area contributed by atoms with Crippen LogP contribution in [0.15, 0.2) is 17.0 Å². The number of nitrogen functional groups attached to an aromatic ring is 1. The predicted octanol–water partition coefficient (Wildman–Crippen LogP) is 0.186. The van der Waals surface area contributed by atoms with Gasteiger partial charge in [0.15, 0.2) is 0 Å². The molecular weight excluding hydrogens is 266 g/mol. The van der Waals surface area contributed by atoms with Crippen LogP contribution in [0.3, 0.4) is 0 Å². The van der Waals surface area contributed by atoms with E-state index >= 15 is 0 Å². The van der Waals surface area contributed by atoms with Gasteiger partial charge in [-0.1, -0.05) is 0 Å². The summed E-state index contributed by atoms with van der Waals surface area (Å²) in [6.07, 6.45) is 0.631. The summed E-state index contributed by atoms with van der Waals surface area (Å²) in [7, 11) is -3.81. The molecule has 19 heavy (non-hydrogen) atoms. The highest BCUT2D eigenvalue weighted by Gasteiger charge is 2.32. The molecule has 0 amide bonds. The summed E-state index contributed by atoms with van der Waals surface area (Å²) in [6, 6.07) is 3.08. The van der Waals surface area contributed by atoms with Crippen LogP contribution in [0.5, 0.6) is 0 Å². The van der Waals surface area contributed by atoms with Gasteiger partial charge in [-0.15, -0.1) is 0 Å². The number of primary sulfonamides is 1. The first kappa shape index (κ1) is 14.1. The molecule has 0 spiro atoms. The minimum Gasteiger partial charge on any atom is -0.399 e. The zero-order valence-electron chi connectivity index (χ0n) is 11.0. The summed E-state index contributed by atoms with van der Waals surface area (Å²) in [6.45, 7) is 4.56.